The Morgan fingerprint density at radius 3 is 2.11 bits per heavy atom. The van der Waals surface area contributed by atoms with Crippen LogP contribution >= 0.6 is 0 Å². The van der Waals surface area contributed by atoms with Gasteiger partial charge in [-0.2, -0.15) is 0 Å². The number of hydrogen-bond donors (Lipinski definition) is 0. The molecule has 1 saturated carbocycles. The first kappa shape index (κ1) is 11.6. The highest BCUT2D eigenvalue weighted by molar-refractivity contribution is 6.06. The van der Waals surface area contributed by atoms with Crippen LogP contribution in [0.3, 0.4) is 0 Å². The van der Waals surface area contributed by atoms with Gasteiger partial charge in [0.2, 0.25) is 11.8 Å². The Morgan fingerprint density at radius 2 is 1.53 bits per heavy atom. The summed E-state index contributed by atoms with van der Waals surface area (Å²) in [4.78, 5) is 28.8. The number of allylic oxidation sites excluding steroid dienone is 2. The first-order chi connectivity index (χ1) is 9.25. The van der Waals surface area contributed by atoms with E-state index in [0.717, 1.165) is 19.5 Å². The van der Waals surface area contributed by atoms with Crippen LogP contribution in [-0.2, 0) is 9.59 Å². The van der Waals surface area contributed by atoms with Crippen LogP contribution in [-0.4, -0.2) is 41.4 Å². The van der Waals surface area contributed by atoms with Crippen molar-refractivity contribution in [2.45, 2.75) is 25.7 Å². The minimum absolute atomic E-state index is 0.0349. The molecule has 4 aliphatic rings. The predicted molar refractivity (Wildman–Crippen MR) is 69.9 cm³/mol. The van der Waals surface area contributed by atoms with E-state index in [9.17, 15) is 9.59 Å². The lowest BCUT2D eigenvalue weighted by molar-refractivity contribution is -0.143. The SMILES string of the molecule is O=C1[C@@H]2[C@H](C(=O)N1CN1CCCCC1)[C@@H]1C=C[C@H]2C1. The monoisotopic (exact) mass is 260 g/mol. The molecule has 0 aromatic carbocycles. The Morgan fingerprint density at radius 1 is 0.947 bits per heavy atom. The second-order valence-electron chi connectivity index (χ2n) is 6.42. The number of piperidine rings is 1. The molecule has 2 saturated heterocycles. The summed E-state index contributed by atoms with van der Waals surface area (Å²) in [5.41, 5.74) is 0. The fraction of sp³-hybridized carbons (Fsp3) is 0.733. The topological polar surface area (TPSA) is 40.6 Å². The smallest absolute Gasteiger partial charge is 0.234 e. The lowest BCUT2D eigenvalue weighted by atomic mass is 9.85. The van der Waals surface area contributed by atoms with Crippen molar-refractivity contribution >= 4 is 11.8 Å². The molecule has 2 aliphatic heterocycles. The zero-order valence-electron chi connectivity index (χ0n) is 11.1. The highest BCUT2D eigenvalue weighted by Gasteiger charge is 2.59. The van der Waals surface area contributed by atoms with Gasteiger partial charge in [0.25, 0.3) is 0 Å². The molecule has 2 bridgehead atoms. The molecule has 3 fully saturated rings. The standard InChI is InChI=1S/C15H20N2O2/c18-14-12-10-4-5-11(8-10)13(12)15(19)17(14)9-16-6-2-1-3-7-16/h4-5,10-13H,1-3,6-9H2/t10-,11+,12-,13+. The Bertz CT molecular complexity index is 423. The average Bonchev–Trinajstić information content (AvgIpc) is 3.10. The Labute approximate surface area is 113 Å². The summed E-state index contributed by atoms with van der Waals surface area (Å²) in [6, 6.07) is 0. The van der Waals surface area contributed by atoms with Crippen LogP contribution in [0.25, 0.3) is 0 Å². The van der Waals surface area contributed by atoms with Crippen molar-refractivity contribution in [3.8, 4) is 0 Å². The van der Waals surface area contributed by atoms with Crippen LogP contribution in [0.4, 0.5) is 0 Å². The van der Waals surface area contributed by atoms with E-state index in [1.54, 1.807) is 4.90 Å². The van der Waals surface area contributed by atoms with Crippen molar-refractivity contribution in [3.05, 3.63) is 12.2 Å². The van der Waals surface area contributed by atoms with Crippen molar-refractivity contribution in [2.75, 3.05) is 19.8 Å². The highest BCUT2D eigenvalue weighted by Crippen LogP contribution is 2.52. The molecule has 0 spiro atoms. The summed E-state index contributed by atoms with van der Waals surface area (Å²) in [5.74, 6) is 0.782. The fourth-order valence-electron chi connectivity index (χ4n) is 4.40. The van der Waals surface area contributed by atoms with Gasteiger partial charge in [0.05, 0.1) is 18.5 Å². The quantitative estimate of drug-likeness (QED) is 0.554. The molecule has 4 rings (SSSR count). The maximum absolute atomic E-state index is 12.5. The van der Waals surface area contributed by atoms with E-state index in [-0.39, 0.29) is 23.7 Å². The van der Waals surface area contributed by atoms with Gasteiger partial charge in [0.15, 0.2) is 0 Å². The normalized spacial score (nSPS) is 41.4. The van der Waals surface area contributed by atoms with Gasteiger partial charge in [-0.15, -0.1) is 0 Å². The second kappa shape index (κ2) is 4.17. The molecular formula is C15H20N2O2. The molecule has 102 valence electrons. The molecule has 4 atom stereocenters. The van der Waals surface area contributed by atoms with Crippen LogP contribution < -0.4 is 0 Å². The number of rotatable bonds is 2. The number of hydrogen-bond acceptors (Lipinski definition) is 3. The van der Waals surface area contributed by atoms with Gasteiger partial charge in [-0.05, 0) is 44.2 Å². The van der Waals surface area contributed by atoms with Crippen LogP contribution in [0.1, 0.15) is 25.7 Å². The summed E-state index contributed by atoms with van der Waals surface area (Å²) in [6.07, 6.45) is 8.98. The number of carbonyl (C=O) groups is 2. The summed E-state index contributed by atoms with van der Waals surface area (Å²) in [6.45, 7) is 2.58. The van der Waals surface area contributed by atoms with Crippen LogP contribution in [0.5, 0.6) is 0 Å². The lowest BCUT2D eigenvalue weighted by Gasteiger charge is -2.30. The third-order valence-corrected chi connectivity index (χ3v) is 5.35. The Balaban J connectivity index is 1.52. The fourth-order valence-corrected chi connectivity index (χ4v) is 4.40. The van der Waals surface area contributed by atoms with E-state index in [2.05, 4.69) is 17.1 Å². The minimum Gasteiger partial charge on any atom is -0.286 e. The molecule has 0 unspecified atom stereocenters. The Kier molecular flexibility index (Phi) is 2.56. The van der Waals surface area contributed by atoms with Gasteiger partial charge in [-0.3, -0.25) is 19.4 Å². The van der Waals surface area contributed by atoms with Gasteiger partial charge >= 0.3 is 0 Å². The highest BCUT2D eigenvalue weighted by atomic mass is 16.2. The first-order valence-electron chi connectivity index (χ1n) is 7.51. The summed E-state index contributed by atoms with van der Waals surface area (Å²) < 4.78 is 0. The molecular weight excluding hydrogens is 240 g/mol. The summed E-state index contributed by atoms with van der Waals surface area (Å²) in [5, 5.41) is 0. The molecule has 4 heteroatoms. The number of amides is 2. The van der Waals surface area contributed by atoms with Gasteiger partial charge in [-0.25, -0.2) is 0 Å². The van der Waals surface area contributed by atoms with E-state index < -0.39 is 0 Å². The largest absolute Gasteiger partial charge is 0.286 e. The number of imide groups is 1. The minimum atomic E-state index is -0.0349. The van der Waals surface area contributed by atoms with Crippen LogP contribution in [0.15, 0.2) is 12.2 Å². The third kappa shape index (κ3) is 1.62. The molecule has 0 N–H and O–H groups in total. The average molecular weight is 260 g/mol. The third-order valence-electron chi connectivity index (χ3n) is 5.35. The molecule has 0 radical (unpaired) electrons. The molecule has 0 aromatic heterocycles. The van der Waals surface area contributed by atoms with Crippen molar-refractivity contribution in [3.63, 3.8) is 0 Å². The molecule has 0 aromatic rings. The van der Waals surface area contributed by atoms with E-state index in [1.807, 2.05) is 0 Å². The van der Waals surface area contributed by atoms with Crippen molar-refractivity contribution in [1.29, 1.82) is 0 Å². The number of likely N-dealkylation sites (tertiary alicyclic amines) is 2. The van der Waals surface area contributed by atoms with E-state index in [4.69, 9.17) is 0 Å². The molecule has 2 amide bonds. The van der Waals surface area contributed by atoms with Gasteiger partial charge in [0.1, 0.15) is 0 Å². The maximum atomic E-state index is 12.5. The molecule has 19 heavy (non-hydrogen) atoms. The van der Waals surface area contributed by atoms with E-state index in [0.29, 0.717) is 18.5 Å². The van der Waals surface area contributed by atoms with Crippen molar-refractivity contribution in [2.24, 2.45) is 23.7 Å². The Hall–Kier alpha value is -1.16. The summed E-state index contributed by atoms with van der Waals surface area (Å²) >= 11 is 0. The second-order valence-corrected chi connectivity index (χ2v) is 6.42. The van der Waals surface area contributed by atoms with Crippen molar-refractivity contribution in [1.82, 2.24) is 9.80 Å². The van der Waals surface area contributed by atoms with Gasteiger partial charge in [-0.1, -0.05) is 18.6 Å². The summed E-state index contributed by atoms with van der Waals surface area (Å²) in [7, 11) is 0. The molecule has 2 aliphatic carbocycles. The predicted octanol–water partition coefficient (Wildman–Crippen LogP) is 1.24. The van der Waals surface area contributed by atoms with Crippen molar-refractivity contribution < 1.29 is 9.59 Å². The lowest BCUT2D eigenvalue weighted by Crippen LogP contribution is -2.44. The number of carbonyl (C=O) groups excluding carboxylic acids is 2. The number of fused-ring (bicyclic) bond motifs is 5. The van der Waals surface area contributed by atoms with E-state index >= 15 is 0 Å². The van der Waals surface area contributed by atoms with Gasteiger partial charge in [0, 0.05) is 0 Å². The molecule has 2 heterocycles. The first-order valence-corrected chi connectivity index (χ1v) is 7.51. The van der Waals surface area contributed by atoms with Crippen LogP contribution in [0.2, 0.25) is 0 Å². The number of nitrogens with zero attached hydrogens (tertiary/aromatic N) is 2. The van der Waals surface area contributed by atoms with Gasteiger partial charge < -0.3 is 0 Å². The zero-order chi connectivity index (χ0) is 13.0. The van der Waals surface area contributed by atoms with Crippen LogP contribution in [0, 0.1) is 23.7 Å². The maximum Gasteiger partial charge on any atom is 0.234 e. The molecule has 4 nitrogen and oxygen atoms in total. The zero-order valence-corrected chi connectivity index (χ0v) is 11.1. The van der Waals surface area contributed by atoms with E-state index in [1.165, 1.54) is 19.3 Å².